The molecule has 4 nitrogen and oxygen atoms in total. The highest BCUT2D eigenvalue weighted by Gasteiger charge is 2.17. The lowest BCUT2D eigenvalue weighted by Crippen LogP contribution is -2.01. The highest BCUT2D eigenvalue weighted by Crippen LogP contribution is 2.31. The van der Waals surface area contributed by atoms with Crippen molar-refractivity contribution in [3.8, 4) is 5.75 Å². The number of benzene rings is 1. The van der Waals surface area contributed by atoms with E-state index in [1.807, 2.05) is 0 Å². The zero-order chi connectivity index (χ0) is 10.1. The average molecular weight is 259 g/mol. The second-order valence-corrected chi connectivity index (χ2v) is 4.04. The number of halogens is 2. The van der Waals surface area contributed by atoms with Gasteiger partial charge in [-0.05, 0) is 12.1 Å². The van der Waals surface area contributed by atoms with Gasteiger partial charge in [-0.1, -0.05) is 17.7 Å². The Hall–Kier alpha value is -0.490. The first-order valence-corrected chi connectivity index (χ1v) is 5.08. The summed E-state index contributed by atoms with van der Waals surface area (Å²) in [5, 5.41) is 0.137. The molecule has 0 aliphatic heterocycles. The minimum Gasteiger partial charge on any atom is -0.494 e. The van der Waals surface area contributed by atoms with E-state index in [0.29, 0.717) is 0 Å². The molecule has 1 aromatic carbocycles. The predicted molar refractivity (Wildman–Crippen MR) is 55.1 cm³/mol. The predicted octanol–water partition coefficient (Wildman–Crippen LogP) is 2.02. The zero-order valence-electron chi connectivity index (χ0n) is 7.10. The SMILES string of the molecule is COc1c(Cl)cccc1S(=O)(=O)O.Cl. The largest absolute Gasteiger partial charge is 0.494 e. The second kappa shape index (κ2) is 4.84. The Morgan fingerprint density at radius 2 is 2.00 bits per heavy atom. The smallest absolute Gasteiger partial charge is 0.298 e. The first-order chi connectivity index (χ1) is 5.96. The van der Waals surface area contributed by atoms with Crippen LogP contribution in [0.3, 0.4) is 0 Å². The highest BCUT2D eigenvalue weighted by atomic mass is 35.5. The van der Waals surface area contributed by atoms with Crippen molar-refractivity contribution in [1.82, 2.24) is 0 Å². The lowest BCUT2D eigenvalue weighted by atomic mass is 10.3. The summed E-state index contributed by atoms with van der Waals surface area (Å²) in [7, 11) is -3.00. The van der Waals surface area contributed by atoms with Crippen molar-refractivity contribution in [3.05, 3.63) is 23.2 Å². The third-order valence-corrected chi connectivity index (χ3v) is 2.59. The van der Waals surface area contributed by atoms with E-state index in [0.717, 1.165) is 0 Å². The van der Waals surface area contributed by atoms with Gasteiger partial charge < -0.3 is 4.74 Å². The third kappa shape index (κ3) is 2.75. The zero-order valence-corrected chi connectivity index (χ0v) is 9.49. The number of ether oxygens (including phenoxy) is 1. The molecule has 0 saturated heterocycles. The molecule has 0 spiro atoms. The molecule has 0 unspecified atom stereocenters. The third-order valence-electron chi connectivity index (χ3n) is 1.41. The van der Waals surface area contributed by atoms with Gasteiger partial charge in [0.15, 0.2) is 5.75 Å². The molecule has 7 heteroatoms. The van der Waals surface area contributed by atoms with Crippen LogP contribution in [0.25, 0.3) is 0 Å². The lowest BCUT2D eigenvalue weighted by molar-refractivity contribution is 0.398. The summed E-state index contributed by atoms with van der Waals surface area (Å²) in [5.41, 5.74) is 0. The van der Waals surface area contributed by atoms with Crippen LogP contribution >= 0.6 is 24.0 Å². The molecule has 1 N–H and O–H groups in total. The van der Waals surface area contributed by atoms with Crippen LogP contribution in [0, 0.1) is 0 Å². The maximum atomic E-state index is 10.8. The second-order valence-electron chi connectivity index (χ2n) is 2.25. The van der Waals surface area contributed by atoms with E-state index in [-0.39, 0.29) is 28.1 Å². The van der Waals surface area contributed by atoms with Gasteiger partial charge in [0, 0.05) is 0 Å². The van der Waals surface area contributed by atoms with Crippen LogP contribution in [0.4, 0.5) is 0 Å². The van der Waals surface area contributed by atoms with E-state index in [4.69, 9.17) is 20.9 Å². The number of methoxy groups -OCH3 is 1. The molecule has 14 heavy (non-hydrogen) atoms. The van der Waals surface area contributed by atoms with Crippen LogP contribution in [0.5, 0.6) is 5.75 Å². The van der Waals surface area contributed by atoms with E-state index < -0.39 is 10.1 Å². The van der Waals surface area contributed by atoms with Crippen LogP contribution in [0.15, 0.2) is 23.1 Å². The van der Waals surface area contributed by atoms with Crippen molar-refractivity contribution in [2.75, 3.05) is 7.11 Å². The van der Waals surface area contributed by atoms with Crippen molar-refractivity contribution in [2.24, 2.45) is 0 Å². The van der Waals surface area contributed by atoms with E-state index in [2.05, 4.69) is 0 Å². The normalized spacial score (nSPS) is 10.5. The van der Waals surface area contributed by atoms with Gasteiger partial charge >= 0.3 is 0 Å². The summed E-state index contributed by atoms with van der Waals surface area (Å²) in [6, 6.07) is 4.09. The van der Waals surface area contributed by atoms with Gasteiger partial charge in [0.25, 0.3) is 10.1 Å². The Bertz CT molecular complexity index is 416. The van der Waals surface area contributed by atoms with Crippen molar-refractivity contribution >= 4 is 34.1 Å². The molecule has 0 atom stereocenters. The summed E-state index contributed by atoms with van der Waals surface area (Å²) in [4.78, 5) is -0.331. The molecule has 0 radical (unpaired) electrons. The summed E-state index contributed by atoms with van der Waals surface area (Å²) in [5.74, 6) is -0.0494. The molecule has 1 rings (SSSR count). The van der Waals surface area contributed by atoms with Gasteiger partial charge in [-0.3, -0.25) is 4.55 Å². The van der Waals surface area contributed by atoms with Crippen molar-refractivity contribution in [3.63, 3.8) is 0 Å². The molecule has 0 saturated carbocycles. The average Bonchev–Trinajstić information content (AvgIpc) is 2.02. The highest BCUT2D eigenvalue weighted by molar-refractivity contribution is 7.86. The minimum absolute atomic E-state index is 0. The van der Waals surface area contributed by atoms with E-state index >= 15 is 0 Å². The molecule has 1 aromatic rings. The fraction of sp³-hybridized carbons (Fsp3) is 0.143. The Kier molecular flexibility index (Phi) is 4.67. The maximum absolute atomic E-state index is 10.8. The standard InChI is InChI=1S/C7H7ClO4S.ClH/c1-12-7-5(8)3-2-4-6(7)13(9,10)11;/h2-4H,1H3,(H,9,10,11);1H. The van der Waals surface area contributed by atoms with Gasteiger partial charge in [-0.2, -0.15) is 8.42 Å². The first kappa shape index (κ1) is 13.5. The molecule has 0 amide bonds. The van der Waals surface area contributed by atoms with Gasteiger partial charge in [-0.25, -0.2) is 0 Å². The molecular formula is C7H8Cl2O4S. The Morgan fingerprint density at radius 3 is 2.36 bits per heavy atom. The first-order valence-electron chi connectivity index (χ1n) is 3.27. The van der Waals surface area contributed by atoms with Crippen LogP contribution < -0.4 is 4.74 Å². The monoisotopic (exact) mass is 258 g/mol. The summed E-state index contributed by atoms with van der Waals surface area (Å²) in [6.45, 7) is 0. The fourth-order valence-electron chi connectivity index (χ4n) is 0.890. The van der Waals surface area contributed by atoms with Crippen LogP contribution in [0.1, 0.15) is 0 Å². The molecule has 80 valence electrons. The van der Waals surface area contributed by atoms with E-state index in [9.17, 15) is 8.42 Å². The molecule has 0 fully saturated rings. The topological polar surface area (TPSA) is 63.6 Å². The Morgan fingerprint density at radius 1 is 1.43 bits per heavy atom. The van der Waals surface area contributed by atoms with Gasteiger partial charge in [0.1, 0.15) is 4.90 Å². The summed E-state index contributed by atoms with van der Waals surface area (Å²) >= 11 is 5.64. The molecule has 0 heterocycles. The number of hydrogen-bond donors (Lipinski definition) is 1. The number of rotatable bonds is 2. The van der Waals surface area contributed by atoms with Gasteiger partial charge in [-0.15, -0.1) is 12.4 Å². The molecule has 0 aromatic heterocycles. The van der Waals surface area contributed by atoms with E-state index in [1.54, 1.807) is 0 Å². The number of para-hydroxylation sites is 1. The van der Waals surface area contributed by atoms with E-state index in [1.165, 1.54) is 25.3 Å². The molecule has 0 aliphatic rings. The van der Waals surface area contributed by atoms with Crippen LogP contribution in [-0.2, 0) is 10.1 Å². The van der Waals surface area contributed by atoms with Crippen molar-refractivity contribution in [1.29, 1.82) is 0 Å². The molecular weight excluding hydrogens is 251 g/mol. The van der Waals surface area contributed by atoms with Crippen LogP contribution in [0.2, 0.25) is 5.02 Å². The van der Waals surface area contributed by atoms with Crippen molar-refractivity contribution in [2.45, 2.75) is 4.90 Å². The number of hydrogen-bond acceptors (Lipinski definition) is 3. The molecule has 0 aliphatic carbocycles. The van der Waals surface area contributed by atoms with Gasteiger partial charge in [0.05, 0.1) is 12.1 Å². The minimum atomic E-state index is -4.28. The Balaban J connectivity index is 0.00000169. The van der Waals surface area contributed by atoms with Crippen LogP contribution in [-0.4, -0.2) is 20.1 Å². The summed E-state index contributed by atoms with van der Waals surface area (Å²) in [6.07, 6.45) is 0. The molecule has 0 bridgehead atoms. The van der Waals surface area contributed by atoms with Gasteiger partial charge in [0.2, 0.25) is 0 Å². The summed E-state index contributed by atoms with van der Waals surface area (Å²) < 4.78 is 35.1. The fourth-order valence-corrected chi connectivity index (χ4v) is 1.88. The van der Waals surface area contributed by atoms with Crippen molar-refractivity contribution < 1.29 is 17.7 Å². The Labute approximate surface area is 93.0 Å². The maximum Gasteiger partial charge on any atom is 0.298 e. The lowest BCUT2D eigenvalue weighted by Gasteiger charge is -2.06. The quantitative estimate of drug-likeness (QED) is 0.825.